The van der Waals surface area contributed by atoms with Gasteiger partial charge in [0.15, 0.2) is 0 Å². The second-order valence-corrected chi connectivity index (χ2v) is 42.8. The molecule has 0 fully saturated rings. The van der Waals surface area contributed by atoms with Crippen molar-refractivity contribution in [1.82, 2.24) is 0 Å². The Morgan fingerprint density at radius 3 is 0.712 bits per heavy atom. The maximum absolute atomic E-state index is 8.79. The zero-order valence-electron chi connectivity index (χ0n) is 79.5. The second-order valence-electron chi connectivity index (χ2n) is 41.9. The average Bonchev–Trinajstić information content (AvgIpc) is 0.750. The van der Waals surface area contributed by atoms with Gasteiger partial charge < -0.3 is 13.6 Å². The minimum Gasteiger partial charge on any atom is -0.408 e. The Labute approximate surface area is 723 Å². The first-order chi connectivity index (χ1) is 55.7. The maximum Gasteiger partial charge on any atom is 0.530 e. The van der Waals surface area contributed by atoms with Crippen molar-refractivity contribution in [1.29, 1.82) is 0 Å². The molecule has 0 bridgehead atoms. The van der Waals surface area contributed by atoms with E-state index in [1.807, 2.05) is 0 Å². The molecule has 3 nitrogen and oxygen atoms in total. The largest absolute Gasteiger partial charge is 0.530 e. The summed E-state index contributed by atoms with van der Waals surface area (Å²) in [6, 6.07) is 64.5. The van der Waals surface area contributed by atoms with E-state index in [0.717, 1.165) is 75.0 Å². The SMILES string of the molecule is CCCCCCCCC(c1ccccc1Cc1cccc(C)c1C)c1cc(C(C)(C)C)cc(C(C)(C)C)c1OP(Oc1c(C(CCCCCCCC)c2ccccc2Cc2cccc(C)c2C)cc(C(C)(C)C)cc1C(C)(C)C)Oc1c(C(CCCCCCCC)c2ccccc2Cc2cccc(C)c2C)cc(C(C)(C)C)cc1C(C)(C)C. The van der Waals surface area contributed by atoms with Crippen LogP contribution in [0.2, 0.25) is 0 Å². The summed E-state index contributed by atoms with van der Waals surface area (Å²) in [4.78, 5) is 0. The Morgan fingerprint density at radius 2 is 0.475 bits per heavy atom. The van der Waals surface area contributed by atoms with Crippen molar-refractivity contribution in [2.75, 3.05) is 0 Å². The van der Waals surface area contributed by atoms with Crippen LogP contribution < -0.4 is 13.6 Å². The summed E-state index contributed by atoms with van der Waals surface area (Å²) in [7, 11) is -2.46. The van der Waals surface area contributed by atoms with E-state index in [-0.39, 0.29) is 34.0 Å². The summed E-state index contributed by atoms with van der Waals surface area (Å²) >= 11 is 0. The van der Waals surface area contributed by atoms with Crippen molar-refractivity contribution in [3.05, 3.63) is 297 Å². The molecule has 638 valence electrons. The molecule has 0 spiro atoms. The van der Waals surface area contributed by atoms with Crippen molar-refractivity contribution in [2.24, 2.45) is 0 Å². The lowest BCUT2D eigenvalue weighted by Gasteiger charge is -2.36. The monoisotopic (exact) mass is 1610 g/mol. The molecule has 118 heavy (non-hydrogen) atoms. The van der Waals surface area contributed by atoms with Crippen molar-refractivity contribution in [3.8, 4) is 17.2 Å². The molecule has 3 unspecified atom stereocenters. The van der Waals surface area contributed by atoms with Gasteiger partial charge in [-0.3, -0.25) is 0 Å². The van der Waals surface area contributed by atoms with Gasteiger partial charge in [0.2, 0.25) is 0 Å². The Balaban J connectivity index is 1.46. The van der Waals surface area contributed by atoms with Crippen LogP contribution >= 0.6 is 8.60 Å². The number of hydrogen-bond acceptors (Lipinski definition) is 3. The molecule has 0 heterocycles. The van der Waals surface area contributed by atoms with Crippen LogP contribution in [0.1, 0.15) is 432 Å². The predicted molar refractivity (Wildman–Crippen MR) is 515 cm³/mol. The molecule has 0 aromatic heterocycles. The van der Waals surface area contributed by atoms with Crippen molar-refractivity contribution in [3.63, 3.8) is 0 Å². The predicted octanol–water partition coefficient (Wildman–Crippen LogP) is 34.5. The molecule has 0 aliphatic heterocycles. The van der Waals surface area contributed by atoms with E-state index in [1.54, 1.807) is 0 Å². The maximum atomic E-state index is 8.79. The third-order valence-corrected chi connectivity index (χ3v) is 27.1. The van der Waals surface area contributed by atoms with Crippen LogP contribution in [-0.2, 0) is 51.8 Å². The summed E-state index contributed by atoms with van der Waals surface area (Å²) in [6.45, 7) is 64.2. The molecule has 0 N–H and O–H groups in total. The molecule has 0 amide bonds. The molecule has 9 aromatic rings. The first kappa shape index (κ1) is 94.7. The highest BCUT2D eigenvalue weighted by atomic mass is 31.2. The van der Waals surface area contributed by atoms with E-state index < -0.39 is 24.8 Å². The highest BCUT2D eigenvalue weighted by Crippen LogP contribution is 2.58. The second kappa shape index (κ2) is 42.1. The van der Waals surface area contributed by atoms with Crippen LogP contribution in [0, 0.1) is 41.5 Å². The molecule has 3 atom stereocenters. The Bertz CT molecular complexity index is 4230. The minimum absolute atomic E-state index is 0.0354. The number of aryl methyl sites for hydroxylation is 3. The number of rotatable bonds is 39. The van der Waals surface area contributed by atoms with Gasteiger partial charge in [-0.15, -0.1) is 0 Å². The van der Waals surface area contributed by atoms with E-state index >= 15 is 0 Å². The normalized spacial score (nSPS) is 13.6. The van der Waals surface area contributed by atoms with E-state index in [9.17, 15) is 0 Å². The van der Waals surface area contributed by atoms with Gasteiger partial charge in [-0.05, 0) is 213 Å². The van der Waals surface area contributed by atoms with Crippen LogP contribution in [0.4, 0.5) is 0 Å². The molecule has 0 aliphatic rings. The summed E-state index contributed by atoms with van der Waals surface area (Å²) < 4.78 is 26.4. The van der Waals surface area contributed by atoms with Gasteiger partial charge in [0.25, 0.3) is 0 Å². The van der Waals surface area contributed by atoms with Gasteiger partial charge in [-0.1, -0.05) is 425 Å². The minimum atomic E-state index is -2.46. The molecule has 9 rings (SSSR count). The molecule has 0 saturated carbocycles. The first-order valence-corrected chi connectivity index (χ1v) is 47.6. The molecule has 4 heteroatoms. The fourth-order valence-electron chi connectivity index (χ4n) is 17.8. The van der Waals surface area contributed by atoms with Crippen LogP contribution in [0.3, 0.4) is 0 Å². The fourth-order valence-corrected chi connectivity index (χ4v) is 19.0. The van der Waals surface area contributed by atoms with Crippen molar-refractivity contribution in [2.45, 2.75) is 391 Å². The van der Waals surface area contributed by atoms with Gasteiger partial charge in [-0.2, -0.15) is 0 Å². The smallest absolute Gasteiger partial charge is 0.408 e. The van der Waals surface area contributed by atoms with E-state index in [2.05, 4.69) is 351 Å². The topological polar surface area (TPSA) is 27.7 Å². The quantitative estimate of drug-likeness (QED) is 0.0284. The Morgan fingerprint density at radius 1 is 0.246 bits per heavy atom. The van der Waals surface area contributed by atoms with Crippen LogP contribution in [0.5, 0.6) is 17.2 Å². The summed E-state index contributed by atoms with van der Waals surface area (Å²) in [6.07, 6.45) is 27.1. The van der Waals surface area contributed by atoms with Gasteiger partial charge >= 0.3 is 8.60 Å². The average molecular weight is 1610 g/mol. The van der Waals surface area contributed by atoms with Gasteiger partial charge in [0, 0.05) is 51.1 Å². The van der Waals surface area contributed by atoms with E-state index in [1.165, 1.54) is 230 Å². The molecule has 0 radical (unpaired) electrons. The Kier molecular flexibility index (Phi) is 33.7. The van der Waals surface area contributed by atoms with E-state index in [0.29, 0.717) is 0 Å². The van der Waals surface area contributed by atoms with Gasteiger partial charge in [0.05, 0.1) is 0 Å². The van der Waals surface area contributed by atoms with Crippen LogP contribution in [-0.4, -0.2) is 0 Å². The first-order valence-electron chi connectivity index (χ1n) is 46.5. The van der Waals surface area contributed by atoms with Gasteiger partial charge in [-0.25, -0.2) is 0 Å². The number of hydrogen-bond donors (Lipinski definition) is 0. The van der Waals surface area contributed by atoms with Crippen LogP contribution in [0.25, 0.3) is 0 Å². The Hall–Kier alpha value is -7.19. The molecule has 0 saturated heterocycles. The van der Waals surface area contributed by atoms with Gasteiger partial charge in [0.1, 0.15) is 17.2 Å². The molecular formula is C114H159O3P. The third-order valence-electron chi connectivity index (χ3n) is 26.1. The zero-order valence-corrected chi connectivity index (χ0v) is 80.4. The highest BCUT2D eigenvalue weighted by Gasteiger charge is 2.41. The molecular weight excluding hydrogens is 1450 g/mol. The van der Waals surface area contributed by atoms with Crippen LogP contribution in [0.15, 0.2) is 164 Å². The molecule has 9 aromatic carbocycles. The molecule has 0 aliphatic carbocycles. The lowest BCUT2D eigenvalue weighted by atomic mass is 9.74. The van der Waals surface area contributed by atoms with Crippen molar-refractivity contribution >= 4 is 8.60 Å². The lowest BCUT2D eigenvalue weighted by molar-refractivity contribution is 0.363. The lowest BCUT2D eigenvalue weighted by Crippen LogP contribution is -2.23. The highest BCUT2D eigenvalue weighted by molar-refractivity contribution is 7.43. The number of benzene rings is 9. The third kappa shape index (κ3) is 25.2. The summed E-state index contributed by atoms with van der Waals surface area (Å²) in [5.74, 6) is 2.57. The fraction of sp³-hybridized carbons (Fsp3) is 0.526. The number of unbranched alkanes of at least 4 members (excludes halogenated alkanes) is 15. The summed E-state index contributed by atoms with van der Waals surface area (Å²) in [5, 5.41) is 0. The van der Waals surface area contributed by atoms with E-state index in [4.69, 9.17) is 13.6 Å². The van der Waals surface area contributed by atoms with Crippen molar-refractivity contribution < 1.29 is 13.6 Å². The zero-order chi connectivity index (χ0) is 86.1. The standard InChI is InChI=1S/C114H159O3P/c1-28-31-34-37-40-43-67-97(94-64-49-46-58-88(94)70-85-61-52-55-79(4)82(85)7)100-73-91(109(10,11)12)76-103(112(19,20)21)106(100)115-118(116-107-101(74-92(110(13,14)15)77-104(107)113(22,23)24)98(68-44-41-38-35-32-29-2)95-65-50-47-59-89(95)71-86-62-53-56-80(5)83(86)8)117-108-102(75-93(111(16,17)18)78-105(108)114(25,26)27)99(69-45-42-39-36-33-30-3)96-66-51-48-60-90(96)72-87-63-54-57-81(6)84(87)9/h46-66,73-78,97-99H,28-45,67-72H2,1-27H3. The summed E-state index contributed by atoms with van der Waals surface area (Å²) in [5.41, 5.74) is 29.8.